The van der Waals surface area contributed by atoms with Gasteiger partial charge in [-0.2, -0.15) is 0 Å². The highest BCUT2D eigenvalue weighted by Crippen LogP contribution is 2.42. The molecule has 0 bridgehead atoms. The van der Waals surface area contributed by atoms with Crippen LogP contribution in [0.3, 0.4) is 0 Å². The third-order valence-corrected chi connectivity index (χ3v) is 3.01. The first-order valence-electron chi connectivity index (χ1n) is 5.72. The maximum atomic E-state index is 13.7. The molecule has 0 spiro atoms. The lowest BCUT2D eigenvalue weighted by atomic mass is 10.2. The van der Waals surface area contributed by atoms with E-state index in [0.29, 0.717) is 5.69 Å². The average molecular weight is 265 g/mol. The number of carboxylic acids is 1. The summed E-state index contributed by atoms with van der Waals surface area (Å²) in [6, 6.07) is 3.04. The summed E-state index contributed by atoms with van der Waals surface area (Å²) in [5.74, 6) is -2.68. The van der Waals surface area contributed by atoms with Gasteiger partial charge < -0.3 is 5.11 Å². The molecule has 1 aliphatic rings. The van der Waals surface area contributed by atoms with E-state index in [1.54, 1.807) is 0 Å². The first-order valence-corrected chi connectivity index (χ1v) is 5.72. The zero-order valence-corrected chi connectivity index (χ0v) is 9.68. The molecule has 98 valence electrons. The van der Waals surface area contributed by atoms with Gasteiger partial charge in [-0.25, -0.2) is 18.3 Å². The molecule has 1 N–H and O–H groups in total. The zero-order chi connectivity index (χ0) is 13.6. The van der Waals surface area contributed by atoms with Gasteiger partial charge in [0.05, 0.1) is 5.69 Å². The molecule has 0 unspecified atom stereocenters. The van der Waals surface area contributed by atoms with Crippen LogP contribution in [0.2, 0.25) is 0 Å². The average Bonchev–Trinajstić information content (AvgIpc) is 3.08. The lowest BCUT2D eigenvalue weighted by Crippen LogP contribution is -2.07. The van der Waals surface area contributed by atoms with E-state index in [4.69, 9.17) is 5.11 Å². The van der Waals surface area contributed by atoms with Crippen molar-refractivity contribution in [2.75, 3.05) is 0 Å². The minimum atomic E-state index is -1.20. The molecule has 5 nitrogen and oxygen atoms in total. The Kier molecular flexibility index (Phi) is 2.55. The van der Waals surface area contributed by atoms with Crippen molar-refractivity contribution >= 4 is 5.97 Å². The summed E-state index contributed by atoms with van der Waals surface area (Å²) >= 11 is 0. The van der Waals surface area contributed by atoms with Gasteiger partial charge in [0.15, 0.2) is 11.5 Å². The van der Waals surface area contributed by atoms with Gasteiger partial charge in [0, 0.05) is 12.0 Å². The van der Waals surface area contributed by atoms with E-state index >= 15 is 0 Å². The van der Waals surface area contributed by atoms with E-state index in [2.05, 4.69) is 10.3 Å². The van der Waals surface area contributed by atoms with Gasteiger partial charge in [-0.1, -0.05) is 5.21 Å². The molecule has 0 saturated heterocycles. The number of aromatic nitrogens is 3. The minimum Gasteiger partial charge on any atom is -0.476 e. The molecule has 1 fully saturated rings. The highest BCUT2D eigenvalue weighted by Gasteiger charge is 2.34. The standard InChI is InChI=1S/C12H9F2N3O2/c13-7-3-4-9(8(14)5-7)17-11(6-1-2-6)10(12(18)19)15-16-17/h3-6H,1-2H2,(H,18,19). The summed E-state index contributed by atoms with van der Waals surface area (Å²) in [5, 5.41) is 16.3. The van der Waals surface area contributed by atoms with Gasteiger partial charge in [-0.05, 0) is 25.0 Å². The van der Waals surface area contributed by atoms with Crippen molar-refractivity contribution in [1.82, 2.24) is 15.0 Å². The molecule has 1 saturated carbocycles. The van der Waals surface area contributed by atoms with Crippen molar-refractivity contribution in [3.05, 3.63) is 41.2 Å². The fraction of sp³-hybridized carbons (Fsp3) is 0.250. The summed E-state index contributed by atoms with van der Waals surface area (Å²) in [4.78, 5) is 11.1. The molecular weight excluding hydrogens is 256 g/mol. The number of carbonyl (C=O) groups is 1. The third kappa shape index (κ3) is 1.96. The number of hydrogen-bond donors (Lipinski definition) is 1. The predicted molar refractivity (Wildman–Crippen MR) is 60.2 cm³/mol. The Hall–Kier alpha value is -2.31. The van der Waals surface area contributed by atoms with Crippen LogP contribution in [0.5, 0.6) is 0 Å². The number of hydrogen-bond acceptors (Lipinski definition) is 3. The largest absolute Gasteiger partial charge is 0.476 e. The van der Waals surface area contributed by atoms with Crippen LogP contribution < -0.4 is 0 Å². The Morgan fingerprint density at radius 1 is 1.37 bits per heavy atom. The van der Waals surface area contributed by atoms with Crippen molar-refractivity contribution < 1.29 is 18.7 Å². The van der Waals surface area contributed by atoms with Gasteiger partial charge in [-0.15, -0.1) is 5.10 Å². The van der Waals surface area contributed by atoms with Gasteiger partial charge >= 0.3 is 5.97 Å². The van der Waals surface area contributed by atoms with Crippen LogP contribution in [-0.2, 0) is 0 Å². The molecule has 1 aliphatic carbocycles. The number of benzene rings is 1. The summed E-state index contributed by atoms with van der Waals surface area (Å²) in [5.41, 5.74) is 0.201. The van der Waals surface area contributed by atoms with E-state index in [-0.39, 0.29) is 17.3 Å². The molecule has 0 aliphatic heterocycles. The minimum absolute atomic E-state index is 0.00306. The topological polar surface area (TPSA) is 68.0 Å². The molecule has 3 rings (SSSR count). The summed E-state index contributed by atoms with van der Waals surface area (Å²) < 4.78 is 27.8. The van der Waals surface area contributed by atoms with Crippen molar-refractivity contribution in [3.8, 4) is 5.69 Å². The Morgan fingerprint density at radius 2 is 2.11 bits per heavy atom. The monoisotopic (exact) mass is 265 g/mol. The van der Waals surface area contributed by atoms with Gasteiger partial charge in [0.1, 0.15) is 11.5 Å². The van der Waals surface area contributed by atoms with Crippen LogP contribution in [0.4, 0.5) is 8.78 Å². The van der Waals surface area contributed by atoms with E-state index in [9.17, 15) is 13.6 Å². The number of rotatable bonds is 3. The van der Waals surface area contributed by atoms with E-state index in [1.165, 1.54) is 6.07 Å². The van der Waals surface area contributed by atoms with E-state index < -0.39 is 17.6 Å². The second-order valence-electron chi connectivity index (χ2n) is 4.41. The number of carboxylic acid groups (broad SMARTS) is 1. The molecule has 0 radical (unpaired) electrons. The van der Waals surface area contributed by atoms with Crippen molar-refractivity contribution in [2.45, 2.75) is 18.8 Å². The highest BCUT2D eigenvalue weighted by atomic mass is 19.1. The maximum Gasteiger partial charge on any atom is 0.358 e. The zero-order valence-electron chi connectivity index (χ0n) is 9.68. The lowest BCUT2D eigenvalue weighted by Gasteiger charge is -2.07. The van der Waals surface area contributed by atoms with Crippen molar-refractivity contribution in [3.63, 3.8) is 0 Å². The molecule has 7 heteroatoms. The normalized spacial score (nSPS) is 14.6. The number of aromatic carboxylic acids is 1. The molecule has 0 amide bonds. The van der Waals surface area contributed by atoms with Gasteiger partial charge in [0.25, 0.3) is 0 Å². The predicted octanol–water partition coefficient (Wildman–Crippen LogP) is 2.12. The fourth-order valence-corrected chi connectivity index (χ4v) is 2.00. The Morgan fingerprint density at radius 3 is 2.68 bits per heavy atom. The lowest BCUT2D eigenvalue weighted by molar-refractivity contribution is 0.0689. The molecular formula is C12H9F2N3O2. The fourth-order valence-electron chi connectivity index (χ4n) is 2.00. The number of halogens is 2. The maximum absolute atomic E-state index is 13.7. The molecule has 1 aromatic carbocycles. The van der Waals surface area contributed by atoms with Crippen LogP contribution in [0.25, 0.3) is 5.69 Å². The van der Waals surface area contributed by atoms with Crippen LogP contribution in [0, 0.1) is 11.6 Å². The highest BCUT2D eigenvalue weighted by molar-refractivity contribution is 5.87. The molecule has 1 heterocycles. The van der Waals surface area contributed by atoms with Crippen LogP contribution >= 0.6 is 0 Å². The Bertz CT molecular complexity index is 665. The van der Waals surface area contributed by atoms with Gasteiger partial charge in [0.2, 0.25) is 0 Å². The second-order valence-corrected chi connectivity index (χ2v) is 4.41. The SMILES string of the molecule is O=C(O)c1nnn(-c2ccc(F)cc2F)c1C1CC1. The van der Waals surface area contributed by atoms with Crippen molar-refractivity contribution in [1.29, 1.82) is 0 Å². The summed E-state index contributed by atoms with van der Waals surface area (Å²) in [6.07, 6.45) is 1.63. The molecule has 0 atom stereocenters. The molecule has 1 aromatic heterocycles. The molecule has 19 heavy (non-hydrogen) atoms. The van der Waals surface area contributed by atoms with Crippen LogP contribution in [-0.4, -0.2) is 26.1 Å². The molecule has 2 aromatic rings. The summed E-state index contributed by atoms with van der Waals surface area (Å²) in [7, 11) is 0. The van der Waals surface area contributed by atoms with Gasteiger partial charge in [-0.3, -0.25) is 0 Å². The van der Waals surface area contributed by atoms with E-state index in [1.807, 2.05) is 0 Å². The Labute approximate surface area is 106 Å². The quantitative estimate of drug-likeness (QED) is 0.923. The van der Waals surface area contributed by atoms with Crippen LogP contribution in [0.1, 0.15) is 34.9 Å². The van der Waals surface area contributed by atoms with Crippen LogP contribution in [0.15, 0.2) is 18.2 Å². The Balaban J connectivity index is 2.17. The summed E-state index contributed by atoms with van der Waals surface area (Å²) in [6.45, 7) is 0. The third-order valence-electron chi connectivity index (χ3n) is 3.01. The second kappa shape index (κ2) is 4.11. The smallest absolute Gasteiger partial charge is 0.358 e. The van der Waals surface area contributed by atoms with Crippen molar-refractivity contribution in [2.24, 2.45) is 0 Å². The first kappa shape index (κ1) is 11.8. The first-order chi connectivity index (χ1) is 9.08. The van der Waals surface area contributed by atoms with E-state index in [0.717, 1.165) is 29.7 Å². The number of nitrogens with zero attached hydrogens (tertiary/aromatic N) is 3.